The molecule has 0 bridgehead atoms. The lowest BCUT2D eigenvalue weighted by molar-refractivity contribution is -0.129. The highest BCUT2D eigenvalue weighted by Gasteiger charge is 2.34. The number of hydrogen-bond acceptors (Lipinski definition) is 9. The van der Waals surface area contributed by atoms with Crippen molar-refractivity contribution in [2.45, 2.75) is 59.0 Å². The summed E-state index contributed by atoms with van der Waals surface area (Å²) in [6, 6.07) is 4.95. The standard InChI is InChI=1S/C33H42FN9O4S/c1-5-43-26(12-13-36-43)30(44)39-29(22-8-6-20(2)7-9-22)32(46)37-25-11-10-23(18-24(25)34)21(3)28(38-31(45)27-19-35-40-48-27)33(47)42-16-14-41(4)15-17-42/h10-13,18-20,22,29H,5-9,14-17H2,1-4H3,(H,37,46)(H,38,45)(H,39,44)/b28-21+/t20-,22-,29-/m0/s1. The lowest BCUT2D eigenvalue weighted by atomic mass is 9.79. The monoisotopic (exact) mass is 679 g/mol. The van der Waals surface area contributed by atoms with Crippen LogP contribution in [0, 0.1) is 17.7 Å². The van der Waals surface area contributed by atoms with Crippen molar-refractivity contribution < 1.29 is 23.6 Å². The number of benzene rings is 1. The third-order valence-electron chi connectivity index (χ3n) is 9.21. The van der Waals surface area contributed by atoms with Crippen LogP contribution in [0.1, 0.15) is 72.2 Å². The molecule has 1 atom stereocenters. The lowest BCUT2D eigenvalue weighted by Crippen LogP contribution is -2.49. The molecule has 1 aliphatic heterocycles. The van der Waals surface area contributed by atoms with Gasteiger partial charge in [0, 0.05) is 38.9 Å². The Morgan fingerprint density at radius 2 is 1.77 bits per heavy atom. The highest BCUT2D eigenvalue weighted by atomic mass is 32.1. The van der Waals surface area contributed by atoms with Crippen LogP contribution in [0.3, 0.4) is 0 Å². The average molecular weight is 680 g/mol. The molecule has 0 spiro atoms. The quantitative estimate of drug-likeness (QED) is 0.276. The number of hydrogen-bond donors (Lipinski definition) is 3. The SMILES string of the molecule is CCn1nccc1C(=O)N[C@H](C(=O)Nc1ccc(/C(C)=C(/NC(=O)c2cnns2)C(=O)N2CCN(C)CC2)cc1F)[C@H]1CC[C@H](C)CC1. The van der Waals surface area contributed by atoms with Crippen molar-refractivity contribution in [2.75, 3.05) is 38.5 Å². The summed E-state index contributed by atoms with van der Waals surface area (Å²) in [5, 5.41) is 16.2. The third-order valence-corrected chi connectivity index (χ3v) is 9.88. The minimum absolute atomic E-state index is 0.0229. The maximum atomic E-state index is 15.7. The number of nitrogens with zero attached hydrogens (tertiary/aromatic N) is 6. The average Bonchev–Trinajstić information content (AvgIpc) is 3.80. The molecule has 1 saturated heterocycles. The Balaban J connectivity index is 1.38. The lowest BCUT2D eigenvalue weighted by Gasteiger charge is -2.33. The molecule has 0 unspecified atom stereocenters. The number of carbonyl (C=O) groups excluding carboxylic acids is 4. The number of aryl methyl sites for hydroxylation is 1. The molecule has 2 aromatic heterocycles. The highest BCUT2D eigenvalue weighted by molar-refractivity contribution is 7.07. The molecule has 2 aliphatic rings. The summed E-state index contributed by atoms with van der Waals surface area (Å²) in [7, 11) is 1.97. The van der Waals surface area contributed by atoms with E-state index in [0.29, 0.717) is 55.5 Å². The molecule has 48 heavy (non-hydrogen) atoms. The van der Waals surface area contributed by atoms with Crippen LogP contribution in [-0.2, 0) is 16.1 Å². The number of carbonyl (C=O) groups is 4. The number of aromatic nitrogens is 4. The Bertz CT molecular complexity index is 1660. The molecule has 4 amide bonds. The molecule has 1 aliphatic carbocycles. The van der Waals surface area contributed by atoms with Crippen molar-refractivity contribution >= 4 is 46.4 Å². The maximum absolute atomic E-state index is 15.7. The first-order valence-electron chi connectivity index (χ1n) is 16.3. The Labute approximate surface area is 283 Å². The van der Waals surface area contributed by atoms with Gasteiger partial charge in [-0.3, -0.25) is 23.9 Å². The second kappa shape index (κ2) is 15.6. The van der Waals surface area contributed by atoms with Crippen molar-refractivity contribution in [3.63, 3.8) is 0 Å². The zero-order valence-corrected chi connectivity index (χ0v) is 28.5. The zero-order valence-electron chi connectivity index (χ0n) is 27.7. The Morgan fingerprint density at radius 1 is 1.04 bits per heavy atom. The van der Waals surface area contributed by atoms with E-state index in [-0.39, 0.29) is 28.1 Å². The zero-order chi connectivity index (χ0) is 34.4. The summed E-state index contributed by atoms with van der Waals surface area (Å²) in [5.74, 6) is -2.17. The van der Waals surface area contributed by atoms with Crippen molar-refractivity contribution in [2.24, 2.45) is 11.8 Å². The van der Waals surface area contributed by atoms with E-state index in [4.69, 9.17) is 0 Å². The van der Waals surface area contributed by atoms with E-state index in [2.05, 4.69) is 42.5 Å². The van der Waals surface area contributed by atoms with Crippen molar-refractivity contribution in [1.29, 1.82) is 0 Å². The number of allylic oxidation sites excluding steroid dienone is 1. The van der Waals surface area contributed by atoms with Gasteiger partial charge in [-0.25, -0.2) is 4.39 Å². The molecule has 0 radical (unpaired) electrons. The fourth-order valence-corrected chi connectivity index (χ4v) is 6.54. The van der Waals surface area contributed by atoms with Gasteiger partial charge in [0.15, 0.2) is 0 Å². The topological polar surface area (TPSA) is 154 Å². The molecule has 3 N–H and O–H groups in total. The number of piperazine rings is 1. The van der Waals surface area contributed by atoms with E-state index >= 15 is 4.39 Å². The maximum Gasteiger partial charge on any atom is 0.270 e. The van der Waals surface area contributed by atoms with Gasteiger partial charge >= 0.3 is 0 Å². The molecule has 1 saturated carbocycles. The van der Waals surface area contributed by atoms with Gasteiger partial charge < -0.3 is 25.8 Å². The number of anilines is 1. The van der Waals surface area contributed by atoms with Gasteiger partial charge in [0.2, 0.25) is 5.91 Å². The number of rotatable bonds is 10. The van der Waals surface area contributed by atoms with Crippen molar-refractivity contribution in [3.05, 3.63) is 64.3 Å². The van der Waals surface area contributed by atoms with Gasteiger partial charge in [-0.2, -0.15) is 5.10 Å². The smallest absolute Gasteiger partial charge is 0.270 e. The van der Waals surface area contributed by atoms with Crippen molar-refractivity contribution in [3.8, 4) is 0 Å². The van der Waals surface area contributed by atoms with E-state index in [1.807, 2.05) is 14.0 Å². The van der Waals surface area contributed by atoms with Gasteiger partial charge in [0.1, 0.15) is 28.1 Å². The fraction of sp³-hybridized carbons (Fsp3) is 0.485. The third kappa shape index (κ3) is 8.13. The summed E-state index contributed by atoms with van der Waals surface area (Å²) in [5.41, 5.74) is 1.01. The predicted octanol–water partition coefficient (Wildman–Crippen LogP) is 3.39. The van der Waals surface area contributed by atoms with Crippen LogP contribution in [0.25, 0.3) is 5.57 Å². The van der Waals surface area contributed by atoms with E-state index in [1.165, 1.54) is 24.5 Å². The summed E-state index contributed by atoms with van der Waals surface area (Å²) >= 11 is 0.897. The molecular formula is C33H42FN9O4S. The van der Waals surface area contributed by atoms with E-state index in [1.54, 1.807) is 28.6 Å². The first-order valence-corrected chi connectivity index (χ1v) is 17.0. The molecular weight excluding hydrogens is 637 g/mol. The Morgan fingerprint density at radius 3 is 2.42 bits per heavy atom. The summed E-state index contributed by atoms with van der Waals surface area (Å²) in [6.45, 7) is 8.48. The second-order valence-electron chi connectivity index (χ2n) is 12.5. The van der Waals surface area contributed by atoms with Gasteiger partial charge in [-0.15, -0.1) is 5.10 Å². The highest BCUT2D eigenvalue weighted by Crippen LogP contribution is 2.32. The minimum Gasteiger partial charge on any atom is -0.339 e. The summed E-state index contributed by atoms with van der Waals surface area (Å²) in [4.78, 5) is 57.6. The molecule has 3 heterocycles. The number of amides is 4. The summed E-state index contributed by atoms with van der Waals surface area (Å²) < 4.78 is 21.0. The molecule has 256 valence electrons. The van der Waals surface area contributed by atoms with E-state index in [0.717, 1.165) is 37.2 Å². The molecule has 15 heteroatoms. The Kier molecular flexibility index (Phi) is 11.3. The number of nitrogens with one attached hydrogen (secondary N) is 3. The molecule has 3 aromatic rings. The fourth-order valence-electron chi connectivity index (χ4n) is 6.13. The number of halogens is 1. The summed E-state index contributed by atoms with van der Waals surface area (Å²) in [6.07, 6.45) is 6.21. The minimum atomic E-state index is -0.879. The van der Waals surface area contributed by atoms with Gasteiger partial charge in [-0.05, 0) is 86.4 Å². The van der Waals surface area contributed by atoms with Crippen LogP contribution in [0.4, 0.5) is 10.1 Å². The van der Waals surface area contributed by atoms with Crippen LogP contribution in [0.2, 0.25) is 0 Å². The van der Waals surface area contributed by atoms with Crippen LogP contribution in [0.15, 0.2) is 42.4 Å². The van der Waals surface area contributed by atoms with E-state index < -0.39 is 29.6 Å². The molecule has 2 fully saturated rings. The predicted molar refractivity (Wildman–Crippen MR) is 179 cm³/mol. The van der Waals surface area contributed by atoms with Crippen LogP contribution < -0.4 is 16.0 Å². The van der Waals surface area contributed by atoms with Crippen LogP contribution in [-0.4, -0.2) is 92.1 Å². The first kappa shape index (κ1) is 34.8. The number of likely N-dealkylation sites (N-methyl/N-ethyl adjacent to an activating group) is 1. The van der Waals surface area contributed by atoms with Gasteiger partial charge in [0.05, 0.1) is 11.9 Å². The van der Waals surface area contributed by atoms with Crippen LogP contribution >= 0.6 is 11.5 Å². The Hall–Kier alpha value is -4.50. The second-order valence-corrected chi connectivity index (χ2v) is 13.3. The van der Waals surface area contributed by atoms with E-state index in [9.17, 15) is 19.2 Å². The first-order chi connectivity index (χ1) is 23.0. The van der Waals surface area contributed by atoms with Crippen molar-refractivity contribution in [1.82, 2.24) is 39.8 Å². The largest absolute Gasteiger partial charge is 0.339 e. The normalized spacial score (nSPS) is 19.6. The molecule has 1 aromatic carbocycles. The molecule has 13 nitrogen and oxygen atoms in total. The van der Waals surface area contributed by atoms with Gasteiger partial charge in [-0.1, -0.05) is 30.3 Å². The molecule has 5 rings (SSSR count). The van der Waals surface area contributed by atoms with Gasteiger partial charge in [0.25, 0.3) is 17.7 Å². The van der Waals surface area contributed by atoms with Crippen LogP contribution in [0.5, 0.6) is 0 Å².